The summed E-state index contributed by atoms with van der Waals surface area (Å²) in [7, 11) is 1.98. The molecular formula is C25H23BrF3N3O3. The van der Waals surface area contributed by atoms with Crippen molar-refractivity contribution in [2.24, 2.45) is 0 Å². The van der Waals surface area contributed by atoms with Crippen LogP contribution < -0.4 is 10.3 Å². The van der Waals surface area contributed by atoms with Crippen LogP contribution in [0.1, 0.15) is 21.6 Å². The normalized spacial score (nSPS) is 14.3. The summed E-state index contributed by atoms with van der Waals surface area (Å²) in [6.45, 7) is 3.84. The largest absolute Gasteiger partial charge is 0.487 e. The van der Waals surface area contributed by atoms with Crippen LogP contribution in [0.3, 0.4) is 0 Å². The first-order valence-corrected chi connectivity index (χ1v) is 11.7. The highest BCUT2D eigenvalue weighted by molar-refractivity contribution is 9.10. The zero-order valence-corrected chi connectivity index (χ0v) is 20.7. The summed E-state index contributed by atoms with van der Waals surface area (Å²) in [5.74, 6) is -2.41. The number of halogens is 4. The van der Waals surface area contributed by atoms with Crippen molar-refractivity contribution in [1.29, 1.82) is 0 Å². The molecule has 6 nitrogen and oxygen atoms in total. The molecule has 1 saturated heterocycles. The summed E-state index contributed by atoms with van der Waals surface area (Å²) in [5.41, 5.74) is 0.394. The van der Waals surface area contributed by atoms with Gasteiger partial charge in [-0.15, -0.1) is 0 Å². The first-order valence-electron chi connectivity index (χ1n) is 10.9. The summed E-state index contributed by atoms with van der Waals surface area (Å²) in [6, 6.07) is 7.09. The third-order valence-electron chi connectivity index (χ3n) is 5.96. The SMILES string of the molecule is Cc1[nH]c(=O)c(Br)c(OCc2ccc(F)cc2F)c1-c1cc(C(=O)N2CCN(C)CC2)ccc1F. The number of ether oxygens (including phenoxy) is 1. The number of benzene rings is 2. The number of aromatic nitrogens is 1. The van der Waals surface area contributed by atoms with E-state index in [1.165, 1.54) is 24.3 Å². The highest BCUT2D eigenvalue weighted by Crippen LogP contribution is 2.38. The van der Waals surface area contributed by atoms with Crippen molar-refractivity contribution >= 4 is 21.8 Å². The molecule has 184 valence electrons. The molecule has 2 aromatic carbocycles. The number of aromatic amines is 1. The summed E-state index contributed by atoms with van der Waals surface area (Å²) in [6.07, 6.45) is 0. The minimum Gasteiger partial charge on any atom is -0.487 e. The van der Waals surface area contributed by atoms with E-state index in [1.807, 2.05) is 7.05 Å². The van der Waals surface area contributed by atoms with E-state index in [2.05, 4.69) is 25.8 Å². The highest BCUT2D eigenvalue weighted by atomic mass is 79.9. The molecule has 1 amide bonds. The number of nitrogens with one attached hydrogen (secondary N) is 1. The second kappa shape index (κ2) is 10.2. The van der Waals surface area contributed by atoms with Crippen molar-refractivity contribution in [2.75, 3.05) is 33.2 Å². The number of rotatable bonds is 5. The number of hydrogen-bond donors (Lipinski definition) is 1. The third-order valence-corrected chi connectivity index (χ3v) is 6.68. The molecule has 0 saturated carbocycles. The fourth-order valence-corrected chi connectivity index (χ4v) is 4.37. The van der Waals surface area contributed by atoms with Crippen LogP contribution in [0, 0.1) is 24.4 Å². The van der Waals surface area contributed by atoms with Gasteiger partial charge in [-0.05, 0) is 60.2 Å². The molecule has 0 bridgehead atoms. The first-order chi connectivity index (χ1) is 16.7. The van der Waals surface area contributed by atoms with E-state index in [0.29, 0.717) is 24.3 Å². The van der Waals surface area contributed by atoms with Crippen molar-refractivity contribution in [1.82, 2.24) is 14.8 Å². The van der Waals surface area contributed by atoms with Crippen molar-refractivity contribution < 1.29 is 22.7 Å². The second-order valence-electron chi connectivity index (χ2n) is 8.41. The summed E-state index contributed by atoms with van der Waals surface area (Å²) >= 11 is 3.18. The number of aryl methyl sites for hydroxylation is 1. The molecular weight excluding hydrogens is 527 g/mol. The van der Waals surface area contributed by atoms with Gasteiger partial charge in [0.05, 0.1) is 0 Å². The number of amides is 1. The van der Waals surface area contributed by atoms with Crippen LogP contribution in [-0.4, -0.2) is 53.9 Å². The zero-order chi connectivity index (χ0) is 25.3. The van der Waals surface area contributed by atoms with Crippen LogP contribution in [0.25, 0.3) is 11.1 Å². The summed E-state index contributed by atoms with van der Waals surface area (Å²) in [4.78, 5) is 31.9. The van der Waals surface area contributed by atoms with Gasteiger partial charge in [-0.2, -0.15) is 0 Å². The van der Waals surface area contributed by atoms with E-state index in [0.717, 1.165) is 25.2 Å². The Bertz CT molecular complexity index is 1340. The van der Waals surface area contributed by atoms with Gasteiger partial charge in [0.2, 0.25) is 0 Å². The summed E-state index contributed by atoms with van der Waals surface area (Å²) < 4.78 is 48.2. The van der Waals surface area contributed by atoms with Gasteiger partial charge in [-0.1, -0.05) is 0 Å². The number of likely N-dealkylation sites (N-methyl/N-ethyl adjacent to an activating group) is 1. The van der Waals surface area contributed by atoms with Crippen molar-refractivity contribution in [3.8, 4) is 16.9 Å². The van der Waals surface area contributed by atoms with Gasteiger partial charge in [0.25, 0.3) is 11.5 Å². The van der Waals surface area contributed by atoms with Crippen LogP contribution >= 0.6 is 15.9 Å². The molecule has 3 aromatic rings. The Kier molecular flexibility index (Phi) is 7.32. The lowest BCUT2D eigenvalue weighted by molar-refractivity contribution is 0.0664. The molecule has 1 N–H and O–H groups in total. The summed E-state index contributed by atoms with van der Waals surface area (Å²) in [5, 5.41) is 0. The lowest BCUT2D eigenvalue weighted by atomic mass is 9.99. The average Bonchev–Trinajstić information content (AvgIpc) is 2.82. The van der Waals surface area contributed by atoms with Crippen LogP contribution in [-0.2, 0) is 6.61 Å². The molecule has 1 aromatic heterocycles. The van der Waals surface area contributed by atoms with E-state index in [1.54, 1.807) is 11.8 Å². The fourth-order valence-electron chi connectivity index (χ4n) is 3.96. The van der Waals surface area contributed by atoms with E-state index >= 15 is 4.39 Å². The maximum atomic E-state index is 15.1. The monoisotopic (exact) mass is 549 g/mol. The number of nitrogens with zero attached hydrogens (tertiary/aromatic N) is 2. The minimum atomic E-state index is -0.810. The minimum absolute atomic E-state index is 0.0157. The lowest BCUT2D eigenvalue weighted by Crippen LogP contribution is -2.47. The molecule has 2 heterocycles. The molecule has 1 aliphatic rings. The van der Waals surface area contributed by atoms with E-state index < -0.39 is 23.0 Å². The van der Waals surface area contributed by atoms with Gasteiger partial charge in [-0.3, -0.25) is 9.59 Å². The maximum Gasteiger partial charge on any atom is 0.266 e. The topological polar surface area (TPSA) is 65.6 Å². The molecule has 0 radical (unpaired) electrons. The standard InChI is InChI=1S/C25H23BrF3N3O3/c1-14-21(18-11-15(4-6-19(18)28)25(34)32-9-7-31(2)8-10-32)23(22(26)24(33)30-14)35-13-16-3-5-17(27)12-20(16)29/h3-6,11-12H,7-10,13H2,1-2H3,(H,30,33). The Hall–Kier alpha value is -3.11. The Morgan fingerprint density at radius 1 is 1.06 bits per heavy atom. The fraction of sp³-hybridized carbons (Fsp3) is 0.280. The molecule has 1 aliphatic heterocycles. The predicted octanol–water partition coefficient (Wildman–Crippen LogP) is 4.50. The van der Waals surface area contributed by atoms with Crippen molar-refractivity contribution in [2.45, 2.75) is 13.5 Å². The Balaban J connectivity index is 1.73. The number of hydrogen-bond acceptors (Lipinski definition) is 4. The quantitative estimate of drug-likeness (QED) is 0.509. The Morgan fingerprint density at radius 2 is 1.77 bits per heavy atom. The van der Waals surface area contributed by atoms with E-state index in [-0.39, 0.29) is 39.4 Å². The molecule has 4 rings (SSSR count). The van der Waals surface area contributed by atoms with Crippen LogP contribution in [0.5, 0.6) is 5.75 Å². The van der Waals surface area contributed by atoms with Gasteiger partial charge in [0.1, 0.15) is 34.3 Å². The Morgan fingerprint density at radius 3 is 2.46 bits per heavy atom. The zero-order valence-electron chi connectivity index (χ0n) is 19.1. The van der Waals surface area contributed by atoms with E-state index in [4.69, 9.17) is 4.74 Å². The van der Waals surface area contributed by atoms with Gasteiger partial charge in [-0.25, -0.2) is 13.2 Å². The molecule has 1 fully saturated rings. The van der Waals surface area contributed by atoms with Crippen LogP contribution in [0.15, 0.2) is 45.7 Å². The van der Waals surface area contributed by atoms with Crippen LogP contribution in [0.2, 0.25) is 0 Å². The third kappa shape index (κ3) is 5.28. The number of pyridine rings is 1. The van der Waals surface area contributed by atoms with Gasteiger partial charge < -0.3 is 19.5 Å². The number of piperazine rings is 1. The second-order valence-corrected chi connectivity index (χ2v) is 9.20. The highest BCUT2D eigenvalue weighted by Gasteiger charge is 2.24. The average molecular weight is 550 g/mol. The predicted molar refractivity (Wildman–Crippen MR) is 129 cm³/mol. The van der Waals surface area contributed by atoms with Crippen molar-refractivity contribution in [3.63, 3.8) is 0 Å². The van der Waals surface area contributed by atoms with Gasteiger partial charge in [0.15, 0.2) is 0 Å². The first kappa shape index (κ1) is 25.0. The van der Waals surface area contributed by atoms with Crippen LogP contribution in [0.4, 0.5) is 13.2 Å². The Labute approximate surface area is 208 Å². The maximum absolute atomic E-state index is 15.1. The lowest BCUT2D eigenvalue weighted by Gasteiger charge is -2.32. The molecule has 0 spiro atoms. The molecule has 35 heavy (non-hydrogen) atoms. The molecule has 0 aliphatic carbocycles. The molecule has 0 atom stereocenters. The smallest absolute Gasteiger partial charge is 0.266 e. The van der Waals surface area contributed by atoms with E-state index in [9.17, 15) is 18.4 Å². The molecule has 10 heteroatoms. The number of carbonyl (C=O) groups excluding carboxylic acids is 1. The van der Waals surface area contributed by atoms with Crippen molar-refractivity contribution in [3.05, 3.63) is 85.5 Å². The molecule has 0 unspecified atom stereocenters. The van der Waals surface area contributed by atoms with Gasteiger partial charge in [0, 0.05) is 60.2 Å². The van der Waals surface area contributed by atoms with Gasteiger partial charge >= 0.3 is 0 Å². The number of carbonyl (C=O) groups is 1. The number of H-pyrrole nitrogens is 1.